The Kier molecular flexibility index (Phi) is 5.42. The maximum Gasteiger partial charge on any atom is 0.252 e. The first-order chi connectivity index (χ1) is 11.7. The Morgan fingerprint density at radius 1 is 1.32 bits per heavy atom. The van der Waals surface area contributed by atoms with Crippen LogP contribution in [0, 0.1) is 0 Å². The number of hydrogen-bond donors (Lipinski definition) is 3. The Morgan fingerprint density at radius 2 is 1.96 bits per heavy atom. The van der Waals surface area contributed by atoms with Crippen LogP contribution in [0.3, 0.4) is 0 Å². The molecule has 0 saturated heterocycles. The summed E-state index contributed by atoms with van der Waals surface area (Å²) in [6, 6.07) is 7.34. The first-order valence-electron chi connectivity index (χ1n) is 7.34. The Bertz CT molecular complexity index is 922. The molecule has 0 aliphatic rings. The van der Waals surface area contributed by atoms with Crippen LogP contribution in [-0.2, 0) is 16.4 Å². The zero-order valence-electron chi connectivity index (χ0n) is 13.8. The summed E-state index contributed by atoms with van der Waals surface area (Å²) >= 11 is 0. The van der Waals surface area contributed by atoms with E-state index in [9.17, 15) is 18.0 Å². The van der Waals surface area contributed by atoms with E-state index in [1.165, 1.54) is 25.2 Å². The van der Waals surface area contributed by atoms with Crippen molar-refractivity contribution >= 4 is 27.4 Å². The van der Waals surface area contributed by atoms with Crippen molar-refractivity contribution in [2.75, 3.05) is 29.9 Å². The quantitative estimate of drug-likeness (QED) is 0.643. The van der Waals surface area contributed by atoms with Gasteiger partial charge < -0.3 is 16.0 Å². The van der Waals surface area contributed by atoms with Crippen molar-refractivity contribution in [3.8, 4) is 0 Å². The Morgan fingerprint density at radius 3 is 2.52 bits per heavy atom. The molecule has 1 aromatic carbocycles. The van der Waals surface area contributed by atoms with Gasteiger partial charge in [0, 0.05) is 31.6 Å². The molecule has 2 rings (SSSR count). The summed E-state index contributed by atoms with van der Waals surface area (Å²) < 4.78 is 24.1. The zero-order chi connectivity index (χ0) is 18.6. The van der Waals surface area contributed by atoms with Gasteiger partial charge in [-0.05, 0) is 24.3 Å². The maximum atomic E-state index is 12.1. The number of benzene rings is 1. The minimum Gasteiger partial charge on any atom is -0.383 e. The number of sulfonamides is 1. The Labute approximate surface area is 144 Å². The number of hydrogen-bond acceptors (Lipinski definition) is 6. The van der Waals surface area contributed by atoms with Gasteiger partial charge in [0.15, 0.2) is 0 Å². The molecule has 2 aromatic rings. The van der Waals surface area contributed by atoms with E-state index in [1.54, 1.807) is 12.1 Å². The van der Waals surface area contributed by atoms with Gasteiger partial charge in [-0.1, -0.05) is 0 Å². The van der Waals surface area contributed by atoms with Crippen LogP contribution in [0.15, 0.2) is 35.1 Å². The van der Waals surface area contributed by atoms with E-state index in [4.69, 9.17) is 5.73 Å². The number of rotatable bonds is 6. The molecule has 25 heavy (non-hydrogen) atoms. The van der Waals surface area contributed by atoms with Gasteiger partial charge in [-0.25, -0.2) is 13.4 Å². The van der Waals surface area contributed by atoms with Gasteiger partial charge in [0.25, 0.3) is 11.5 Å². The predicted molar refractivity (Wildman–Crippen MR) is 95.0 cm³/mol. The molecule has 0 aliphatic carbocycles. The maximum absolute atomic E-state index is 12.1. The number of anilines is 2. The topological polar surface area (TPSA) is 138 Å². The molecule has 0 spiro atoms. The van der Waals surface area contributed by atoms with E-state index in [0.29, 0.717) is 23.5 Å². The smallest absolute Gasteiger partial charge is 0.252 e. The molecule has 1 aromatic heterocycles. The second kappa shape index (κ2) is 7.34. The number of amides is 1. The highest BCUT2D eigenvalue weighted by Gasteiger charge is 2.12. The number of aromatic nitrogens is 2. The SMILES string of the molecule is CN(c1ccc(C(=O)NCCc2nc(N)cc(=O)[nH]2)cc1)S(C)(=O)=O. The fraction of sp³-hybridized carbons (Fsp3) is 0.267. The number of nitrogens with two attached hydrogens (primary N) is 1. The minimum atomic E-state index is -3.35. The molecule has 134 valence electrons. The van der Waals surface area contributed by atoms with Crippen molar-refractivity contribution < 1.29 is 13.2 Å². The van der Waals surface area contributed by atoms with E-state index >= 15 is 0 Å². The third kappa shape index (κ3) is 5.05. The summed E-state index contributed by atoms with van der Waals surface area (Å²) in [4.78, 5) is 29.9. The van der Waals surface area contributed by atoms with Gasteiger partial charge in [-0.3, -0.25) is 13.9 Å². The predicted octanol–water partition coefficient (Wildman–Crippen LogP) is -0.280. The lowest BCUT2D eigenvalue weighted by atomic mass is 10.2. The van der Waals surface area contributed by atoms with Crippen LogP contribution < -0.4 is 20.9 Å². The highest BCUT2D eigenvalue weighted by molar-refractivity contribution is 7.92. The first-order valence-corrected chi connectivity index (χ1v) is 9.19. The molecule has 1 heterocycles. The van der Waals surface area contributed by atoms with Crippen molar-refractivity contribution in [3.63, 3.8) is 0 Å². The molecule has 0 atom stereocenters. The molecule has 0 bridgehead atoms. The summed E-state index contributed by atoms with van der Waals surface area (Å²) in [7, 11) is -1.92. The first kappa shape index (κ1) is 18.5. The molecule has 0 radical (unpaired) electrons. The lowest BCUT2D eigenvalue weighted by molar-refractivity contribution is 0.0954. The van der Waals surface area contributed by atoms with E-state index in [2.05, 4.69) is 15.3 Å². The van der Waals surface area contributed by atoms with Crippen LogP contribution in [0.25, 0.3) is 0 Å². The highest BCUT2D eigenvalue weighted by atomic mass is 32.2. The third-order valence-electron chi connectivity index (χ3n) is 3.45. The van der Waals surface area contributed by atoms with Crippen LogP contribution >= 0.6 is 0 Å². The van der Waals surface area contributed by atoms with Crippen molar-refractivity contribution in [1.82, 2.24) is 15.3 Å². The van der Waals surface area contributed by atoms with Gasteiger partial charge in [0.2, 0.25) is 10.0 Å². The zero-order valence-corrected chi connectivity index (χ0v) is 14.6. The van der Waals surface area contributed by atoms with E-state index in [1.807, 2.05) is 0 Å². The molecular formula is C15H19N5O4S. The van der Waals surface area contributed by atoms with Gasteiger partial charge in [-0.15, -0.1) is 0 Å². The summed E-state index contributed by atoms with van der Waals surface area (Å²) in [5.41, 5.74) is 5.99. The standard InChI is InChI=1S/C15H19N5O4S/c1-20(25(2,23)24)11-5-3-10(4-6-11)15(22)17-8-7-13-18-12(16)9-14(21)19-13/h3-6,9H,7-8H2,1-2H3,(H,17,22)(H3,16,18,19,21). The van der Waals surface area contributed by atoms with Crippen molar-refractivity contribution in [2.24, 2.45) is 0 Å². The molecule has 9 nitrogen and oxygen atoms in total. The molecule has 4 N–H and O–H groups in total. The average Bonchev–Trinajstić information content (AvgIpc) is 2.52. The van der Waals surface area contributed by atoms with Gasteiger partial charge in [-0.2, -0.15) is 0 Å². The van der Waals surface area contributed by atoms with Crippen molar-refractivity contribution in [2.45, 2.75) is 6.42 Å². The van der Waals surface area contributed by atoms with Crippen LogP contribution in [0.1, 0.15) is 16.2 Å². The number of H-pyrrole nitrogens is 1. The van der Waals surface area contributed by atoms with Gasteiger partial charge in [0.1, 0.15) is 11.6 Å². The summed E-state index contributed by atoms with van der Waals surface area (Å²) in [5.74, 6) is 0.186. The van der Waals surface area contributed by atoms with Gasteiger partial charge in [0.05, 0.1) is 11.9 Å². The lowest BCUT2D eigenvalue weighted by Gasteiger charge is -2.16. The summed E-state index contributed by atoms with van der Waals surface area (Å²) in [6.45, 7) is 0.260. The van der Waals surface area contributed by atoms with Crippen molar-refractivity contribution in [1.29, 1.82) is 0 Å². The van der Waals surface area contributed by atoms with Crippen molar-refractivity contribution in [3.05, 3.63) is 52.1 Å². The fourth-order valence-corrected chi connectivity index (χ4v) is 2.56. The van der Waals surface area contributed by atoms with E-state index in [-0.39, 0.29) is 23.8 Å². The number of nitrogens with zero attached hydrogens (tertiary/aromatic N) is 2. The average molecular weight is 365 g/mol. The molecule has 0 fully saturated rings. The van der Waals surface area contributed by atoms with Crippen LogP contribution in [-0.4, -0.2) is 44.1 Å². The summed E-state index contributed by atoms with van der Waals surface area (Å²) in [6.07, 6.45) is 1.42. The van der Waals surface area contributed by atoms with E-state index < -0.39 is 10.0 Å². The highest BCUT2D eigenvalue weighted by Crippen LogP contribution is 2.16. The van der Waals surface area contributed by atoms with Crippen LogP contribution in [0.5, 0.6) is 0 Å². The van der Waals surface area contributed by atoms with Crippen LogP contribution in [0.4, 0.5) is 11.5 Å². The monoisotopic (exact) mass is 365 g/mol. The Hall–Kier alpha value is -2.88. The number of nitrogens with one attached hydrogen (secondary N) is 2. The Balaban J connectivity index is 1.96. The van der Waals surface area contributed by atoms with Crippen LogP contribution in [0.2, 0.25) is 0 Å². The molecule has 0 aliphatic heterocycles. The molecule has 10 heteroatoms. The number of nitrogen functional groups attached to an aromatic ring is 1. The lowest BCUT2D eigenvalue weighted by Crippen LogP contribution is -2.27. The largest absolute Gasteiger partial charge is 0.383 e. The summed E-state index contributed by atoms with van der Waals surface area (Å²) in [5, 5.41) is 2.69. The number of aromatic amines is 1. The third-order valence-corrected chi connectivity index (χ3v) is 4.65. The molecule has 0 unspecified atom stereocenters. The fourth-order valence-electron chi connectivity index (χ4n) is 2.06. The molecular weight excluding hydrogens is 346 g/mol. The second-order valence-electron chi connectivity index (χ2n) is 5.40. The minimum absolute atomic E-state index is 0.121. The number of carbonyl (C=O) groups is 1. The van der Waals surface area contributed by atoms with E-state index in [0.717, 1.165) is 10.6 Å². The van der Waals surface area contributed by atoms with Gasteiger partial charge >= 0.3 is 0 Å². The normalized spacial score (nSPS) is 11.1. The second-order valence-corrected chi connectivity index (χ2v) is 7.41. The molecule has 0 saturated carbocycles. The molecule has 1 amide bonds. The number of carbonyl (C=O) groups excluding carboxylic acids is 1.